The zero-order valence-electron chi connectivity index (χ0n) is 8.90. The van der Waals surface area contributed by atoms with E-state index in [-0.39, 0.29) is 12.5 Å². The van der Waals surface area contributed by atoms with Crippen molar-refractivity contribution in [3.8, 4) is 0 Å². The molecule has 0 saturated carbocycles. The molecule has 0 amide bonds. The molecule has 0 N–H and O–H groups in total. The van der Waals surface area contributed by atoms with Crippen LogP contribution in [0.2, 0.25) is 0 Å². The number of hydrogen-bond acceptors (Lipinski definition) is 5. The zero-order chi connectivity index (χ0) is 11.1. The summed E-state index contributed by atoms with van der Waals surface area (Å²) in [4.78, 5) is 21.5. The monoisotopic (exact) mass is 204 g/mol. The highest BCUT2D eigenvalue weighted by Crippen LogP contribution is 2.09. The molecule has 1 atom stereocenters. The van der Waals surface area contributed by atoms with Gasteiger partial charge in [0.05, 0.1) is 6.61 Å². The average Bonchev–Trinajstić information content (AvgIpc) is 2.02. The molecule has 0 aliphatic rings. The lowest BCUT2D eigenvalue weighted by Gasteiger charge is -2.19. The highest BCUT2D eigenvalue weighted by atomic mass is 16.8. The molecule has 0 aliphatic heterocycles. The van der Waals surface area contributed by atoms with Crippen molar-refractivity contribution in [1.82, 2.24) is 0 Å². The molecule has 0 radical (unpaired) electrons. The Morgan fingerprint density at radius 1 is 1.21 bits per heavy atom. The Labute approximate surface area is 83.3 Å². The normalized spacial score (nSPS) is 12.1. The maximum Gasteiger partial charge on any atom is 0.511 e. The van der Waals surface area contributed by atoms with Crippen LogP contribution in [0, 0.1) is 5.92 Å². The topological polar surface area (TPSA) is 61.8 Å². The molecule has 0 bridgehead atoms. The van der Waals surface area contributed by atoms with E-state index in [2.05, 4.69) is 4.74 Å². The maximum atomic E-state index is 10.9. The van der Waals surface area contributed by atoms with Gasteiger partial charge < -0.3 is 14.2 Å². The lowest BCUT2D eigenvalue weighted by atomic mass is 10.2. The Bertz CT molecular complexity index is 199. The van der Waals surface area contributed by atoms with Crippen LogP contribution in [0.3, 0.4) is 0 Å². The Morgan fingerprint density at radius 2 is 1.79 bits per heavy atom. The van der Waals surface area contributed by atoms with Gasteiger partial charge in [-0.1, -0.05) is 13.8 Å². The first-order chi connectivity index (χ1) is 6.47. The Balaban J connectivity index is 4.09. The minimum absolute atomic E-state index is 0.108. The number of esters is 1. The van der Waals surface area contributed by atoms with E-state index in [9.17, 15) is 9.59 Å². The maximum absolute atomic E-state index is 10.9. The van der Waals surface area contributed by atoms with Crippen LogP contribution in [0.15, 0.2) is 0 Å². The quantitative estimate of drug-likeness (QED) is 0.515. The zero-order valence-corrected chi connectivity index (χ0v) is 8.90. The van der Waals surface area contributed by atoms with Crippen molar-refractivity contribution in [2.75, 3.05) is 6.61 Å². The van der Waals surface area contributed by atoms with E-state index in [1.807, 2.05) is 0 Å². The first kappa shape index (κ1) is 12.7. The predicted octanol–water partition coefficient (Wildman–Crippen LogP) is 1.70. The molecular weight excluding hydrogens is 188 g/mol. The third-order valence-electron chi connectivity index (χ3n) is 1.30. The van der Waals surface area contributed by atoms with Crippen molar-refractivity contribution < 1.29 is 23.8 Å². The summed E-state index contributed by atoms with van der Waals surface area (Å²) in [6.07, 6.45) is -1.71. The summed E-state index contributed by atoms with van der Waals surface area (Å²) in [6.45, 7) is 6.69. The minimum Gasteiger partial charge on any atom is -0.435 e. The molecule has 5 heteroatoms. The molecule has 0 saturated heterocycles. The van der Waals surface area contributed by atoms with Crippen LogP contribution < -0.4 is 0 Å². The molecule has 0 aromatic heterocycles. The molecule has 0 spiro atoms. The summed E-state index contributed by atoms with van der Waals surface area (Å²) in [6, 6.07) is 0. The summed E-state index contributed by atoms with van der Waals surface area (Å²) in [7, 11) is 0. The number of rotatable bonds is 4. The van der Waals surface area contributed by atoms with Gasteiger partial charge in [-0.15, -0.1) is 0 Å². The molecule has 0 fully saturated rings. The highest BCUT2D eigenvalue weighted by Gasteiger charge is 2.21. The molecule has 5 nitrogen and oxygen atoms in total. The van der Waals surface area contributed by atoms with E-state index >= 15 is 0 Å². The van der Waals surface area contributed by atoms with E-state index in [1.54, 1.807) is 20.8 Å². The van der Waals surface area contributed by atoms with Crippen LogP contribution in [-0.4, -0.2) is 25.0 Å². The largest absolute Gasteiger partial charge is 0.511 e. The van der Waals surface area contributed by atoms with Crippen molar-refractivity contribution in [2.24, 2.45) is 5.92 Å². The standard InChI is InChI=1S/C9H16O5/c1-5-12-9(11)14-8(6(2)3)13-7(4)10/h6,8H,5H2,1-4H3/t8-/m1/s1. The van der Waals surface area contributed by atoms with Gasteiger partial charge in [-0.25, -0.2) is 4.79 Å². The third kappa shape index (κ3) is 5.40. The van der Waals surface area contributed by atoms with Crippen LogP contribution in [-0.2, 0) is 19.0 Å². The number of carbonyl (C=O) groups is 2. The minimum atomic E-state index is -0.883. The van der Waals surface area contributed by atoms with Gasteiger partial charge in [-0.3, -0.25) is 4.79 Å². The van der Waals surface area contributed by atoms with Crippen molar-refractivity contribution in [1.29, 1.82) is 0 Å². The Morgan fingerprint density at radius 3 is 2.14 bits per heavy atom. The second-order valence-electron chi connectivity index (χ2n) is 3.02. The van der Waals surface area contributed by atoms with E-state index in [1.165, 1.54) is 6.92 Å². The van der Waals surface area contributed by atoms with Gasteiger partial charge in [0.2, 0.25) is 0 Å². The van der Waals surface area contributed by atoms with Gasteiger partial charge in [0.15, 0.2) is 0 Å². The summed E-state index contributed by atoms with van der Waals surface area (Å²) in [5, 5.41) is 0. The molecule has 82 valence electrons. The van der Waals surface area contributed by atoms with Crippen LogP contribution in [0.1, 0.15) is 27.7 Å². The van der Waals surface area contributed by atoms with Crippen molar-refractivity contribution in [3.63, 3.8) is 0 Å². The van der Waals surface area contributed by atoms with Gasteiger partial charge in [0, 0.05) is 12.8 Å². The molecular formula is C9H16O5. The fourth-order valence-electron chi connectivity index (χ4n) is 0.707. The summed E-state index contributed by atoms with van der Waals surface area (Å²) in [5.41, 5.74) is 0. The summed E-state index contributed by atoms with van der Waals surface area (Å²) in [5.74, 6) is -0.601. The van der Waals surface area contributed by atoms with Gasteiger partial charge in [-0.05, 0) is 6.92 Å². The van der Waals surface area contributed by atoms with Gasteiger partial charge >= 0.3 is 12.1 Å². The molecule has 0 heterocycles. The predicted molar refractivity (Wildman–Crippen MR) is 48.5 cm³/mol. The SMILES string of the molecule is CCOC(=O)O[C@@H](OC(C)=O)C(C)C. The number of hydrogen-bond donors (Lipinski definition) is 0. The van der Waals surface area contributed by atoms with Crippen molar-refractivity contribution >= 4 is 12.1 Å². The summed E-state index contributed by atoms with van der Waals surface area (Å²) >= 11 is 0. The lowest BCUT2D eigenvalue weighted by Crippen LogP contribution is -2.28. The number of carbonyl (C=O) groups excluding carboxylic acids is 2. The fourth-order valence-corrected chi connectivity index (χ4v) is 0.707. The second kappa shape index (κ2) is 6.23. The van der Waals surface area contributed by atoms with Crippen LogP contribution >= 0.6 is 0 Å². The molecule has 0 aromatic carbocycles. The van der Waals surface area contributed by atoms with Crippen LogP contribution in [0.25, 0.3) is 0 Å². The molecule has 14 heavy (non-hydrogen) atoms. The van der Waals surface area contributed by atoms with Gasteiger partial charge in [0.25, 0.3) is 6.29 Å². The highest BCUT2D eigenvalue weighted by molar-refractivity contribution is 5.66. The first-order valence-electron chi connectivity index (χ1n) is 4.48. The smallest absolute Gasteiger partial charge is 0.435 e. The molecule has 0 aliphatic carbocycles. The fraction of sp³-hybridized carbons (Fsp3) is 0.778. The van der Waals surface area contributed by atoms with E-state index < -0.39 is 18.4 Å². The molecule has 0 unspecified atom stereocenters. The van der Waals surface area contributed by atoms with Crippen molar-refractivity contribution in [3.05, 3.63) is 0 Å². The van der Waals surface area contributed by atoms with Crippen molar-refractivity contribution in [2.45, 2.75) is 34.0 Å². The van der Waals surface area contributed by atoms with E-state index in [4.69, 9.17) is 9.47 Å². The van der Waals surface area contributed by atoms with E-state index in [0.717, 1.165) is 0 Å². The van der Waals surface area contributed by atoms with Gasteiger partial charge in [-0.2, -0.15) is 0 Å². The molecule has 0 rings (SSSR count). The Hall–Kier alpha value is -1.26. The van der Waals surface area contributed by atoms with Gasteiger partial charge in [0.1, 0.15) is 0 Å². The Kier molecular flexibility index (Phi) is 5.67. The second-order valence-corrected chi connectivity index (χ2v) is 3.02. The first-order valence-corrected chi connectivity index (χ1v) is 4.48. The molecule has 0 aromatic rings. The average molecular weight is 204 g/mol. The van der Waals surface area contributed by atoms with E-state index in [0.29, 0.717) is 0 Å². The summed E-state index contributed by atoms with van der Waals surface area (Å²) < 4.78 is 14.1. The van der Waals surface area contributed by atoms with Crippen LogP contribution in [0.5, 0.6) is 0 Å². The number of ether oxygens (including phenoxy) is 3. The lowest BCUT2D eigenvalue weighted by molar-refractivity contribution is -0.176. The van der Waals surface area contributed by atoms with Crippen LogP contribution in [0.4, 0.5) is 4.79 Å². The third-order valence-corrected chi connectivity index (χ3v) is 1.30.